The Balaban J connectivity index is 1.57. The fourth-order valence-electron chi connectivity index (χ4n) is 3.73. The monoisotopic (exact) mass is 492 g/mol. The third-order valence-corrected chi connectivity index (χ3v) is 7.25. The second-order valence-electron chi connectivity index (χ2n) is 8.00. The normalized spacial score (nSPS) is 12.9. The Morgan fingerprint density at radius 3 is 2.49 bits per heavy atom. The van der Waals surface area contributed by atoms with Crippen LogP contribution in [-0.2, 0) is 16.4 Å². The number of benzene rings is 3. The zero-order chi connectivity index (χ0) is 24.4. The molecule has 0 amide bonds. The quantitative estimate of drug-likeness (QED) is 0.390. The molecule has 0 radical (unpaired) electrons. The first kappa shape index (κ1) is 22.8. The minimum Gasteiger partial charge on any atom is -0.496 e. The molecule has 0 bridgehead atoms. The third kappa shape index (κ3) is 4.54. The molecule has 4 aromatic rings. The predicted molar refractivity (Wildman–Crippen MR) is 130 cm³/mol. The molecule has 9 heteroatoms. The molecule has 1 aromatic heterocycles. The van der Waals surface area contributed by atoms with Gasteiger partial charge < -0.3 is 23.9 Å². The molecule has 0 saturated heterocycles. The number of aryl methyl sites for hydroxylation is 1. The second-order valence-corrected chi connectivity index (χ2v) is 9.87. The van der Waals surface area contributed by atoms with Gasteiger partial charge >= 0.3 is 0 Å². The van der Waals surface area contributed by atoms with Gasteiger partial charge in [0.1, 0.15) is 19.0 Å². The van der Waals surface area contributed by atoms with E-state index in [1.807, 2.05) is 37.3 Å². The van der Waals surface area contributed by atoms with Crippen LogP contribution < -0.4 is 19.5 Å². The Kier molecular flexibility index (Phi) is 6.08. The first-order valence-electron chi connectivity index (χ1n) is 11.0. The van der Waals surface area contributed by atoms with Crippen molar-refractivity contribution in [3.05, 3.63) is 77.9 Å². The van der Waals surface area contributed by atoms with Gasteiger partial charge in [-0.2, -0.15) is 4.98 Å². The first-order valence-corrected chi connectivity index (χ1v) is 12.5. The molecular formula is C26H24N2O6S. The molecular weight excluding hydrogens is 468 g/mol. The number of nitrogens with one attached hydrogen (secondary N) is 1. The molecule has 5 rings (SSSR count). The summed E-state index contributed by atoms with van der Waals surface area (Å²) in [6, 6.07) is 19.6. The lowest BCUT2D eigenvalue weighted by molar-refractivity contribution is 0.171. The van der Waals surface area contributed by atoms with E-state index in [4.69, 9.17) is 18.6 Å². The maximum absolute atomic E-state index is 13.7. The van der Waals surface area contributed by atoms with Crippen molar-refractivity contribution in [3.63, 3.8) is 0 Å². The number of fused-ring (bicyclic) bond motifs is 1. The van der Waals surface area contributed by atoms with Crippen LogP contribution in [0.4, 0.5) is 5.88 Å². The molecule has 0 fully saturated rings. The zero-order valence-electron chi connectivity index (χ0n) is 19.3. The van der Waals surface area contributed by atoms with E-state index >= 15 is 0 Å². The highest BCUT2D eigenvalue weighted by Crippen LogP contribution is 2.38. The van der Waals surface area contributed by atoms with Gasteiger partial charge in [-0.15, -0.1) is 0 Å². The van der Waals surface area contributed by atoms with Crippen LogP contribution in [0.15, 0.2) is 81.1 Å². The van der Waals surface area contributed by atoms with Gasteiger partial charge in [0.15, 0.2) is 11.5 Å². The van der Waals surface area contributed by atoms with Crippen LogP contribution in [0, 0.1) is 6.92 Å². The van der Waals surface area contributed by atoms with E-state index in [0.29, 0.717) is 42.6 Å². The van der Waals surface area contributed by atoms with Crippen molar-refractivity contribution in [1.82, 2.24) is 4.98 Å². The Hall–Kier alpha value is -3.98. The number of ether oxygens (including phenoxy) is 3. The zero-order valence-corrected chi connectivity index (χ0v) is 20.1. The van der Waals surface area contributed by atoms with Crippen molar-refractivity contribution in [2.24, 2.45) is 0 Å². The first-order chi connectivity index (χ1) is 17.0. The fourth-order valence-corrected chi connectivity index (χ4v) is 5.02. The molecule has 0 aliphatic carbocycles. The largest absolute Gasteiger partial charge is 0.496 e. The maximum Gasteiger partial charge on any atom is 0.234 e. The summed E-state index contributed by atoms with van der Waals surface area (Å²) in [6.45, 7) is 3.12. The number of sulfone groups is 1. The van der Waals surface area contributed by atoms with Gasteiger partial charge in [-0.05, 0) is 36.8 Å². The minimum absolute atomic E-state index is 0.0278. The molecule has 8 nitrogen and oxygen atoms in total. The molecule has 0 unspecified atom stereocenters. The maximum atomic E-state index is 13.7. The number of aromatic nitrogens is 1. The molecule has 1 aliphatic heterocycles. The second kappa shape index (κ2) is 9.34. The molecule has 0 saturated carbocycles. The molecule has 1 N–H and O–H groups in total. The van der Waals surface area contributed by atoms with E-state index in [0.717, 1.165) is 11.1 Å². The van der Waals surface area contributed by atoms with E-state index in [2.05, 4.69) is 10.3 Å². The number of nitrogens with zero attached hydrogens (tertiary/aromatic N) is 1. The Morgan fingerprint density at radius 1 is 0.971 bits per heavy atom. The molecule has 1 aliphatic rings. The van der Waals surface area contributed by atoms with Crippen LogP contribution >= 0.6 is 0 Å². The smallest absolute Gasteiger partial charge is 0.234 e. The molecule has 0 spiro atoms. The van der Waals surface area contributed by atoms with Gasteiger partial charge in [-0.3, -0.25) is 0 Å². The Morgan fingerprint density at radius 2 is 1.71 bits per heavy atom. The van der Waals surface area contributed by atoms with Crippen LogP contribution in [0.25, 0.3) is 11.5 Å². The number of hydrogen-bond donors (Lipinski definition) is 1. The van der Waals surface area contributed by atoms with Crippen molar-refractivity contribution in [1.29, 1.82) is 0 Å². The van der Waals surface area contributed by atoms with Crippen LogP contribution in [0.1, 0.15) is 11.1 Å². The van der Waals surface area contributed by atoms with Gasteiger partial charge in [0.05, 0.1) is 17.6 Å². The van der Waals surface area contributed by atoms with Crippen molar-refractivity contribution in [3.8, 4) is 28.7 Å². The molecule has 180 valence electrons. The highest BCUT2D eigenvalue weighted by atomic mass is 32.2. The number of para-hydroxylation sites is 1. The number of methoxy groups -OCH3 is 1. The Bertz CT molecular complexity index is 1460. The van der Waals surface area contributed by atoms with Gasteiger partial charge in [-0.1, -0.05) is 42.0 Å². The molecule has 0 atom stereocenters. The van der Waals surface area contributed by atoms with E-state index < -0.39 is 9.84 Å². The highest BCUT2D eigenvalue weighted by Gasteiger charge is 2.30. The lowest BCUT2D eigenvalue weighted by Crippen LogP contribution is -2.16. The summed E-state index contributed by atoms with van der Waals surface area (Å²) in [5, 5.41) is 2.89. The van der Waals surface area contributed by atoms with Crippen LogP contribution in [0.2, 0.25) is 0 Å². The lowest BCUT2D eigenvalue weighted by Gasteiger charge is -2.18. The highest BCUT2D eigenvalue weighted by molar-refractivity contribution is 7.91. The third-order valence-electron chi connectivity index (χ3n) is 5.59. The van der Waals surface area contributed by atoms with Crippen LogP contribution in [0.3, 0.4) is 0 Å². The SMILES string of the molecule is COc1ccccc1-c1nc(S(=O)(=O)c2ccc3c(c2)OCCO3)c(NCc2ccc(C)cc2)o1. The number of oxazole rings is 1. The van der Waals surface area contributed by atoms with Crippen molar-refractivity contribution < 1.29 is 27.0 Å². The number of hydrogen-bond acceptors (Lipinski definition) is 8. The van der Waals surface area contributed by atoms with Crippen molar-refractivity contribution in [2.75, 3.05) is 25.6 Å². The van der Waals surface area contributed by atoms with Crippen molar-refractivity contribution in [2.45, 2.75) is 23.4 Å². The number of rotatable bonds is 7. The average Bonchev–Trinajstić information content (AvgIpc) is 3.33. The molecule has 2 heterocycles. The lowest BCUT2D eigenvalue weighted by atomic mass is 10.1. The van der Waals surface area contributed by atoms with E-state index in [9.17, 15) is 8.42 Å². The summed E-state index contributed by atoms with van der Waals surface area (Å²) in [4.78, 5) is 4.43. The van der Waals surface area contributed by atoms with Gasteiger partial charge in [0.25, 0.3) is 0 Å². The van der Waals surface area contributed by atoms with E-state index in [1.165, 1.54) is 19.2 Å². The predicted octanol–water partition coefficient (Wildman–Crippen LogP) is 4.87. The summed E-state index contributed by atoms with van der Waals surface area (Å²) >= 11 is 0. The standard InChI is InChI=1S/C26H24N2O6S/c1-17-7-9-18(10-8-17)16-27-25-26(28-24(34-25)20-5-3-4-6-21(20)31-2)35(29,30)19-11-12-22-23(15-19)33-14-13-32-22/h3-12,15,27H,13-14,16H2,1-2H3. The fraction of sp³-hybridized carbons (Fsp3) is 0.192. The topological polar surface area (TPSA) is 99.9 Å². The summed E-state index contributed by atoms with van der Waals surface area (Å²) in [6.07, 6.45) is 0. The number of anilines is 1. The Labute approximate surface area is 203 Å². The van der Waals surface area contributed by atoms with Gasteiger partial charge in [0.2, 0.25) is 26.6 Å². The van der Waals surface area contributed by atoms with Crippen molar-refractivity contribution >= 4 is 15.7 Å². The minimum atomic E-state index is -4.06. The van der Waals surface area contributed by atoms with Crippen LogP contribution in [-0.4, -0.2) is 33.7 Å². The van der Waals surface area contributed by atoms with E-state index in [1.54, 1.807) is 24.3 Å². The summed E-state index contributed by atoms with van der Waals surface area (Å²) in [7, 11) is -2.53. The van der Waals surface area contributed by atoms with E-state index in [-0.39, 0.29) is 21.7 Å². The van der Waals surface area contributed by atoms with Gasteiger partial charge in [-0.25, -0.2) is 8.42 Å². The summed E-state index contributed by atoms with van der Waals surface area (Å²) in [5.41, 5.74) is 2.64. The summed E-state index contributed by atoms with van der Waals surface area (Å²) in [5.74, 6) is 1.57. The average molecular weight is 493 g/mol. The molecule has 35 heavy (non-hydrogen) atoms. The van der Waals surface area contributed by atoms with Crippen LogP contribution in [0.5, 0.6) is 17.2 Å². The summed E-state index contributed by atoms with van der Waals surface area (Å²) < 4.78 is 49.9. The van der Waals surface area contributed by atoms with Gasteiger partial charge in [0, 0.05) is 12.6 Å². The molecule has 3 aromatic carbocycles.